The fourth-order valence-electron chi connectivity index (χ4n) is 3.29. The van der Waals surface area contributed by atoms with Gasteiger partial charge in [0.2, 0.25) is 0 Å². The number of hydrazone groups is 1. The van der Waals surface area contributed by atoms with E-state index in [0.717, 1.165) is 29.6 Å². The minimum Gasteiger partial charge on any atom is -0.481 e. The normalized spacial score (nSPS) is 13.9. The Hall–Kier alpha value is -3.41. The number of nitrogens with one attached hydrogen (secondary N) is 1. The molecule has 142 valence electrons. The number of aromatic nitrogens is 1. The van der Waals surface area contributed by atoms with E-state index in [2.05, 4.69) is 32.5 Å². The molecule has 3 aromatic rings. The lowest BCUT2D eigenvalue weighted by atomic mass is 10.2. The van der Waals surface area contributed by atoms with Crippen LogP contribution < -0.4 is 15.1 Å². The zero-order chi connectivity index (χ0) is 19.2. The van der Waals surface area contributed by atoms with Gasteiger partial charge in [-0.05, 0) is 42.7 Å². The van der Waals surface area contributed by atoms with Gasteiger partial charge in [0.15, 0.2) is 6.61 Å². The van der Waals surface area contributed by atoms with E-state index >= 15 is 0 Å². The minimum atomic E-state index is -0.321. The molecule has 1 saturated heterocycles. The highest BCUT2D eigenvalue weighted by Crippen LogP contribution is 2.22. The van der Waals surface area contributed by atoms with Crippen LogP contribution in [0.2, 0.25) is 0 Å². The molecule has 2 aromatic carbocycles. The molecule has 2 heterocycles. The lowest BCUT2D eigenvalue weighted by Gasteiger charge is -2.17. The van der Waals surface area contributed by atoms with Gasteiger partial charge < -0.3 is 9.64 Å². The summed E-state index contributed by atoms with van der Waals surface area (Å²) in [7, 11) is 0. The molecule has 1 fully saturated rings. The third-order valence-corrected chi connectivity index (χ3v) is 4.72. The fraction of sp³-hybridized carbons (Fsp3) is 0.227. The Labute approximate surface area is 163 Å². The van der Waals surface area contributed by atoms with E-state index in [-0.39, 0.29) is 12.5 Å². The van der Waals surface area contributed by atoms with Crippen LogP contribution in [0.3, 0.4) is 0 Å². The van der Waals surface area contributed by atoms with Crippen LogP contribution in [-0.2, 0) is 4.79 Å². The van der Waals surface area contributed by atoms with E-state index in [1.165, 1.54) is 18.5 Å². The highest BCUT2D eigenvalue weighted by molar-refractivity contribution is 5.85. The molecule has 0 atom stereocenters. The van der Waals surface area contributed by atoms with Crippen LogP contribution in [0, 0.1) is 0 Å². The Morgan fingerprint density at radius 2 is 1.89 bits per heavy atom. The summed E-state index contributed by atoms with van der Waals surface area (Å²) in [5, 5.41) is 4.98. The first kappa shape index (κ1) is 18.0. The van der Waals surface area contributed by atoms with E-state index in [4.69, 9.17) is 4.74 Å². The third-order valence-electron chi connectivity index (χ3n) is 4.72. The summed E-state index contributed by atoms with van der Waals surface area (Å²) in [4.78, 5) is 18.7. The fourth-order valence-corrected chi connectivity index (χ4v) is 3.29. The van der Waals surface area contributed by atoms with Crippen molar-refractivity contribution in [1.29, 1.82) is 0 Å². The largest absolute Gasteiger partial charge is 0.481 e. The van der Waals surface area contributed by atoms with E-state index in [1.807, 2.05) is 36.4 Å². The van der Waals surface area contributed by atoms with Crippen molar-refractivity contribution in [3.63, 3.8) is 0 Å². The quantitative estimate of drug-likeness (QED) is 0.531. The number of carbonyl (C=O) groups excluding carboxylic acids is 1. The van der Waals surface area contributed by atoms with Gasteiger partial charge in [-0.15, -0.1) is 0 Å². The average Bonchev–Trinajstić information content (AvgIpc) is 3.28. The number of amides is 1. The summed E-state index contributed by atoms with van der Waals surface area (Å²) in [6.45, 7) is 2.12. The van der Waals surface area contributed by atoms with E-state index in [1.54, 1.807) is 18.5 Å². The van der Waals surface area contributed by atoms with Crippen molar-refractivity contribution in [2.75, 3.05) is 24.6 Å². The molecule has 1 N–H and O–H groups in total. The summed E-state index contributed by atoms with van der Waals surface area (Å²) < 4.78 is 5.60. The Kier molecular flexibility index (Phi) is 5.47. The predicted molar refractivity (Wildman–Crippen MR) is 111 cm³/mol. The topological polar surface area (TPSA) is 66.8 Å². The molecule has 1 aromatic heterocycles. The number of nitrogens with zero attached hydrogens (tertiary/aromatic N) is 3. The number of para-hydroxylation sites is 1. The molecule has 0 unspecified atom stereocenters. The number of hydrogen-bond acceptors (Lipinski definition) is 5. The molecular formula is C22H22N4O2. The highest BCUT2D eigenvalue weighted by atomic mass is 16.5. The second kappa shape index (κ2) is 8.52. The molecule has 28 heavy (non-hydrogen) atoms. The van der Waals surface area contributed by atoms with Crippen LogP contribution in [-0.4, -0.2) is 36.8 Å². The van der Waals surface area contributed by atoms with Crippen molar-refractivity contribution in [3.8, 4) is 5.75 Å². The molecule has 4 rings (SSSR count). The third kappa shape index (κ3) is 4.28. The molecule has 0 aliphatic carbocycles. The molecule has 0 radical (unpaired) electrons. The summed E-state index contributed by atoms with van der Waals surface area (Å²) >= 11 is 0. The van der Waals surface area contributed by atoms with Crippen molar-refractivity contribution in [2.45, 2.75) is 12.8 Å². The van der Waals surface area contributed by atoms with Crippen molar-refractivity contribution in [2.24, 2.45) is 5.10 Å². The molecule has 1 amide bonds. The Morgan fingerprint density at radius 3 is 2.71 bits per heavy atom. The van der Waals surface area contributed by atoms with Gasteiger partial charge in [-0.1, -0.05) is 30.3 Å². The van der Waals surface area contributed by atoms with Crippen molar-refractivity contribution >= 4 is 28.7 Å². The summed E-state index contributed by atoms with van der Waals surface area (Å²) in [5.74, 6) is 0.257. The van der Waals surface area contributed by atoms with Crippen molar-refractivity contribution in [3.05, 3.63) is 66.4 Å². The molecule has 6 heteroatoms. The Morgan fingerprint density at radius 1 is 1.11 bits per heavy atom. The van der Waals surface area contributed by atoms with Gasteiger partial charge in [-0.3, -0.25) is 9.78 Å². The Balaban J connectivity index is 1.29. The summed E-state index contributed by atoms with van der Waals surface area (Å²) in [6.07, 6.45) is 5.85. The zero-order valence-electron chi connectivity index (χ0n) is 15.5. The number of hydrogen-bond donors (Lipinski definition) is 1. The van der Waals surface area contributed by atoms with E-state index in [0.29, 0.717) is 5.75 Å². The second-order valence-corrected chi connectivity index (χ2v) is 6.70. The number of benzene rings is 2. The summed E-state index contributed by atoms with van der Waals surface area (Å²) in [5.41, 5.74) is 5.39. The molecule has 0 spiro atoms. The highest BCUT2D eigenvalue weighted by Gasteiger charge is 2.11. The maximum Gasteiger partial charge on any atom is 0.277 e. The smallest absolute Gasteiger partial charge is 0.277 e. The molecule has 0 saturated carbocycles. The lowest BCUT2D eigenvalue weighted by Crippen LogP contribution is -2.24. The monoisotopic (exact) mass is 374 g/mol. The maximum absolute atomic E-state index is 12.0. The van der Waals surface area contributed by atoms with Crippen LogP contribution in [0.25, 0.3) is 10.9 Å². The van der Waals surface area contributed by atoms with Gasteiger partial charge in [-0.25, -0.2) is 5.43 Å². The first-order valence-electron chi connectivity index (χ1n) is 9.43. The van der Waals surface area contributed by atoms with Crippen LogP contribution >= 0.6 is 0 Å². The second-order valence-electron chi connectivity index (χ2n) is 6.70. The lowest BCUT2D eigenvalue weighted by molar-refractivity contribution is -0.123. The van der Waals surface area contributed by atoms with Gasteiger partial charge in [0, 0.05) is 30.4 Å². The molecule has 0 bridgehead atoms. The standard InChI is InChI=1S/C22H22N4O2/c27-21(16-28-20-7-3-5-18-6-4-12-23-22(18)20)25-24-15-17-8-10-19(11-9-17)26-13-1-2-14-26/h3-12,15H,1-2,13-14,16H2,(H,25,27)/b24-15+. The number of fused-ring (bicyclic) bond motifs is 1. The number of anilines is 1. The van der Waals surface area contributed by atoms with Crippen LogP contribution in [0.1, 0.15) is 18.4 Å². The van der Waals surface area contributed by atoms with Gasteiger partial charge in [-0.2, -0.15) is 5.10 Å². The number of ether oxygens (including phenoxy) is 1. The average molecular weight is 374 g/mol. The molecule has 6 nitrogen and oxygen atoms in total. The van der Waals surface area contributed by atoms with Gasteiger partial charge in [0.05, 0.1) is 6.21 Å². The van der Waals surface area contributed by atoms with Crippen LogP contribution in [0.4, 0.5) is 5.69 Å². The van der Waals surface area contributed by atoms with Gasteiger partial charge in [0.25, 0.3) is 5.91 Å². The number of rotatable bonds is 6. The zero-order valence-corrected chi connectivity index (χ0v) is 15.5. The van der Waals surface area contributed by atoms with Crippen molar-refractivity contribution < 1.29 is 9.53 Å². The minimum absolute atomic E-state index is 0.124. The van der Waals surface area contributed by atoms with Gasteiger partial charge >= 0.3 is 0 Å². The summed E-state index contributed by atoms with van der Waals surface area (Å²) in [6, 6.07) is 17.6. The predicted octanol–water partition coefficient (Wildman–Crippen LogP) is 3.36. The maximum atomic E-state index is 12.0. The SMILES string of the molecule is O=C(COc1cccc2cccnc12)N/N=C/c1ccc(N2CCCC2)cc1. The number of pyridine rings is 1. The first-order chi connectivity index (χ1) is 13.8. The van der Waals surface area contributed by atoms with E-state index in [9.17, 15) is 4.79 Å². The molecular weight excluding hydrogens is 352 g/mol. The first-order valence-corrected chi connectivity index (χ1v) is 9.43. The Bertz CT molecular complexity index is 974. The van der Waals surface area contributed by atoms with Gasteiger partial charge in [0.1, 0.15) is 11.3 Å². The number of carbonyl (C=O) groups is 1. The van der Waals surface area contributed by atoms with Crippen LogP contribution in [0.5, 0.6) is 5.75 Å². The molecule has 1 aliphatic rings. The molecule has 1 aliphatic heterocycles. The van der Waals surface area contributed by atoms with Crippen LogP contribution in [0.15, 0.2) is 65.9 Å². The van der Waals surface area contributed by atoms with Crippen molar-refractivity contribution in [1.82, 2.24) is 10.4 Å². The van der Waals surface area contributed by atoms with E-state index < -0.39 is 0 Å².